The van der Waals surface area contributed by atoms with Crippen LogP contribution in [0.15, 0.2) is 12.2 Å². The van der Waals surface area contributed by atoms with Gasteiger partial charge < -0.3 is 34.6 Å². The van der Waals surface area contributed by atoms with E-state index in [9.17, 15) is 30.0 Å². The summed E-state index contributed by atoms with van der Waals surface area (Å²) in [4.78, 5) is 26.5. The first-order valence-corrected chi connectivity index (χ1v) is 18.2. The Morgan fingerprint density at radius 3 is 2.13 bits per heavy atom. The van der Waals surface area contributed by atoms with Crippen molar-refractivity contribution in [1.29, 1.82) is 0 Å². The number of hydrogen-bond donors (Lipinski definition) is 4. The number of esters is 2. The van der Waals surface area contributed by atoms with Gasteiger partial charge in [0.05, 0.1) is 12.0 Å². The molecule has 1 heterocycles. The minimum atomic E-state index is -1.62. The van der Waals surface area contributed by atoms with Crippen molar-refractivity contribution in [1.82, 2.24) is 0 Å². The van der Waals surface area contributed by atoms with Crippen LogP contribution < -0.4 is 0 Å². The van der Waals surface area contributed by atoms with Crippen LogP contribution in [0.2, 0.25) is 0 Å². The number of hydrogen-bond acceptors (Lipinski definition) is 9. The van der Waals surface area contributed by atoms with Crippen LogP contribution in [0.1, 0.15) is 113 Å². The van der Waals surface area contributed by atoms with Gasteiger partial charge >= 0.3 is 11.9 Å². The third-order valence-corrected chi connectivity index (χ3v) is 15.8. The van der Waals surface area contributed by atoms with E-state index >= 15 is 0 Å². The van der Waals surface area contributed by atoms with E-state index in [-0.39, 0.29) is 51.5 Å². The maximum Gasteiger partial charge on any atom is 0.314 e. The highest BCUT2D eigenvalue weighted by molar-refractivity contribution is 5.78. The Kier molecular flexibility index (Phi) is 8.85. The molecule has 0 bridgehead atoms. The van der Waals surface area contributed by atoms with Gasteiger partial charge in [-0.2, -0.15) is 0 Å². The molecule has 0 spiro atoms. The number of ether oxygens (including phenoxy) is 3. The molecule has 15 atom stereocenters. The van der Waals surface area contributed by atoms with Gasteiger partial charge in [0.15, 0.2) is 0 Å². The fourth-order valence-electron chi connectivity index (χ4n) is 13.3. The quantitative estimate of drug-likeness (QED) is 0.239. The first kappa shape index (κ1) is 35.3. The van der Waals surface area contributed by atoms with Crippen LogP contribution in [0.5, 0.6) is 0 Å². The molecule has 0 amide bonds. The van der Waals surface area contributed by atoms with E-state index < -0.39 is 48.7 Å². The zero-order valence-corrected chi connectivity index (χ0v) is 29.7. The molecular formula is C38H60O9. The summed E-state index contributed by atoms with van der Waals surface area (Å²) < 4.78 is 17.5. The zero-order chi connectivity index (χ0) is 34.5. The summed E-state index contributed by atoms with van der Waals surface area (Å²) in [6.07, 6.45) is 1.93. The SMILES string of the molecule is C=C(C)[C@@H]1CC[C@]2(C(=O)O[C@H]3O[C@H](CO)[C@H](O)[C@@H](O)[C@@H]3O)CC[C@]3(C)[C@H](CC[C@@H]4[C@@]5(C)CC[C@H](OC(C)=O)C(C)(C)[C@@H]5CC[C@]43C)[C@@H]12. The molecule has 6 fully saturated rings. The second-order valence-corrected chi connectivity index (χ2v) is 17.9. The molecule has 9 heteroatoms. The highest BCUT2D eigenvalue weighted by Crippen LogP contribution is 2.77. The summed E-state index contributed by atoms with van der Waals surface area (Å²) in [5.41, 5.74) is 0.416. The summed E-state index contributed by atoms with van der Waals surface area (Å²) in [7, 11) is 0. The van der Waals surface area contributed by atoms with Crippen LogP contribution in [-0.4, -0.2) is 75.8 Å². The molecule has 6 rings (SSSR count). The molecule has 47 heavy (non-hydrogen) atoms. The first-order valence-electron chi connectivity index (χ1n) is 18.2. The summed E-state index contributed by atoms with van der Waals surface area (Å²) in [5, 5.41) is 41.1. The third-order valence-electron chi connectivity index (χ3n) is 15.8. The normalized spacial score (nSPS) is 51.9. The minimum absolute atomic E-state index is 0.00357. The average molecular weight is 661 g/mol. The maximum absolute atomic E-state index is 14.4. The Balaban J connectivity index is 1.31. The Bertz CT molecular complexity index is 1260. The Labute approximate surface area is 280 Å². The predicted molar refractivity (Wildman–Crippen MR) is 174 cm³/mol. The summed E-state index contributed by atoms with van der Waals surface area (Å²) >= 11 is 0. The van der Waals surface area contributed by atoms with Gasteiger partial charge in [0, 0.05) is 12.3 Å². The van der Waals surface area contributed by atoms with Crippen LogP contribution in [0.4, 0.5) is 0 Å². The monoisotopic (exact) mass is 660 g/mol. The molecule has 9 nitrogen and oxygen atoms in total. The molecule has 5 saturated carbocycles. The molecule has 4 N–H and O–H groups in total. The van der Waals surface area contributed by atoms with Crippen molar-refractivity contribution in [3.05, 3.63) is 12.2 Å². The van der Waals surface area contributed by atoms with E-state index in [0.717, 1.165) is 56.9 Å². The Morgan fingerprint density at radius 2 is 1.49 bits per heavy atom. The molecule has 5 aliphatic carbocycles. The minimum Gasteiger partial charge on any atom is -0.462 e. The topological polar surface area (TPSA) is 143 Å². The number of fused-ring (bicyclic) bond motifs is 7. The van der Waals surface area contributed by atoms with Gasteiger partial charge in [0.25, 0.3) is 0 Å². The Hall–Kier alpha value is -1.52. The lowest BCUT2D eigenvalue weighted by molar-refractivity contribution is -0.299. The van der Waals surface area contributed by atoms with Crippen LogP contribution in [-0.2, 0) is 23.8 Å². The van der Waals surface area contributed by atoms with Gasteiger partial charge in [-0.15, -0.1) is 0 Å². The van der Waals surface area contributed by atoms with E-state index in [1.54, 1.807) is 0 Å². The van der Waals surface area contributed by atoms with E-state index in [2.05, 4.69) is 48.1 Å². The van der Waals surface area contributed by atoms with Crippen LogP contribution in [0.3, 0.4) is 0 Å². The largest absolute Gasteiger partial charge is 0.462 e. The average Bonchev–Trinajstić information content (AvgIpc) is 3.40. The van der Waals surface area contributed by atoms with Gasteiger partial charge in [-0.05, 0) is 117 Å². The third kappa shape index (κ3) is 4.94. The molecule has 0 unspecified atom stereocenters. The molecule has 0 radical (unpaired) electrons. The highest BCUT2D eigenvalue weighted by Gasteiger charge is 2.72. The zero-order valence-electron chi connectivity index (χ0n) is 29.7. The molecule has 0 aromatic rings. The number of aliphatic hydroxyl groups is 4. The van der Waals surface area contributed by atoms with Crippen molar-refractivity contribution in [2.24, 2.45) is 56.7 Å². The summed E-state index contributed by atoms with van der Waals surface area (Å²) in [5.74, 6) is 0.867. The van der Waals surface area contributed by atoms with E-state index in [0.29, 0.717) is 24.7 Å². The lowest BCUT2D eigenvalue weighted by Gasteiger charge is -2.72. The van der Waals surface area contributed by atoms with Crippen molar-refractivity contribution in [3.8, 4) is 0 Å². The summed E-state index contributed by atoms with van der Waals surface area (Å²) in [6, 6.07) is 0. The maximum atomic E-state index is 14.4. The van der Waals surface area contributed by atoms with Gasteiger partial charge in [0.2, 0.25) is 6.29 Å². The molecule has 266 valence electrons. The molecule has 1 aliphatic heterocycles. The predicted octanol–water partition coefficient (Wildman–Crippen LogP) is 4.92. The van der Waals surface area contributed by atoms with Crippen molar-refractivity contribution in [2.45, 2.75) is 149 Å². The van der Waals surface area contributed by atoms with E-state index in [1.807, 2.05) is 0 Å². The second-order valence-electron chi connectivity index (χ2n) is 17.9. The van der Waals surface area contributed by atoms with Gasteiger partial charge in [-0.25, -0.2) is 0 Å². The summed E-state index contributed by atoms with van der Waals surface area (Å²) in [6.45, 7) is 19.6. The fraction of sp³-hybridized carbons (Fsp3) is 0.895. The molecule has 0 aromatic carbocycles. The number of carbonyl (C=O) groups excluding carboxylic acids is 2. The van der Waals surface area contributed by atoms with E-state index in [1.165, 1.54) is 6.92 Å². The molecule has 0 aromatic heterocycles. The number of aliphatic hydroxyl groups excluding tert-OH is 4. The lowest BCUT2D eigenvalue weighted by atomic mass is 9.32. The molecule has 6 aliphatic rings. The van der Waals surface area contributed by atoms with Gasteiger partial charge in [0.1, 0.15) is 30.5 Å². The number of carbonyl (C=O) groups is 2. The number of rotatable bonds is 5. The standard InChI is InChI=1S/C38H60O9/c1-20(2)22-11-16-38(33(44)47-32-31(43)30(42)29(41)24(19-39)46-32)18-17-36(7)23(28(22)38)9-10-26-35(6)14-13-27(45-21(3)40)34(4,5)25(35)12-15-37(26,36)8/h22-32,39,41-43H,1,9-19H2,2-8H3/t22-,23+,24+,25-,26+,27-,28+,29-,30+,31-,32+,35-,36+,37+,38-/m0/s1. The first-order chi connectivity index (χ1) is 21.9. The smallest absolute Gasteiger partial charge is 0.314 e. The van der Waals surface area contributed by atoms with Crippen molar-refractivity contribution in [2.75, 3.05) is 6.61 Å². The highest BCUT2D eigenvalue weighted by atomic mass is 16.7. The van der Waals surface area contributed by atoms with Gasteiger partial charge in [-0.1, -0.05) is 46.8 Å². The number of allylic oxidation sites excluding steroid dienone is 1. The van der Waals surface area contributed by atoms with Crippen LogP contribution in [0.25, 0.3) is 0 Å². The molecular weight excluding hydrogens is 600 g/mol. The van der Waals surface area contributed by atoms with Crippen molar-refractivity contribution < 1.29 is 44.2 Å². The lowest BCUT2D eigenvalue weighted by Crippen LogP contribution is -2.67. The molecule has 1 saturated heterocycles. The van der Waals surface area contributed by atoms with Crippen LogP contribution >= 0.6 is 0 Å². The van der Waals surface area contributed by atoms with Crippen molar-refractivity contribution >= 4 is 11.9 Å². The van der Waals surface area contributed by atoms with Crippen LogP contribution in [0, 0.1) is 56.7 Å². The van der Waals surface area contributed by atoms with Crippen molar-refractivity contribution in [3.63, 3.8) is 0 Å². The van der Waals surface area contributed by atoms with E-state index in [4.69, 9.17) is 14.2 Å². The second kappa shape index (κ2) is 11.8. The Morgan fingerprint density at radius 1 is 0.787 bits per heavy atom. The fourth-order valence-corrected chi connectivity index (χ4v) is 13.3. The van der Waals surface area contributed by atoms with Gasteiger partial charge in [-0.3, -0.25) is 9.59 Å².